The Hall–Kier alpha value is -3.19. The van der Waals surface area contributed by atoms with Gasteiger partial charge in [-0.1, -0.05) is 29.8 Å². The van der Waals surface area contributed by atoms with Crippen LogP contribution < -0.4 is 5.32 Å². The monoisotopic (exact) mass is 360 g/mol. The molecule has 0 saturated heterocycles. The number of amides is 1. The first-order valence-electron chi connectivity index (χ1n) is 7.09. The second-order valence-corrected chi connectivity index (χ2v) is 5.29. The highest BCUT2D eigenvalue weighted by Gasteiger charge is 2.07. The molecule has 128 valence electrons. The summed E-state index contributed by atoms with van der Waals surface area (Å²) >= 11 is 5.80. The zero-order chi connectivity index (χ0) is 18.2. The van der Waals surface area contributed by atoms with Gasteiger partial charge in [-0.15, -0.1) is 0 Å². The van der Waals surface area contributed by atoms with Gasteiger partial charge < -0.3 is 10.1 Å². The number of esters is 1. The molecule has 8 heteroatoms. The third kappa shape index (κ3) is 6.08. The van der Waals surface area contributed by atoms with Gasteiger partial charge in [0.15, 0.2) is 6.61 Å². The topological polar surface area (TPSA) is 98.5 Å². The van der Waals surface area contributed by atoms with Crippen molar-refractivity contribution >= 4 is 40.9 Å². The van der Waals surface area contributed by atoms with E-state index in [4.69, 9.17) is 16.3 Å². The van der Waals surface area contributed by atoms with E-state index >= 15 is 0 Å². The van der Waals surface area contributed by atoms with Crippen LogP contribution in [0.25, 0.3) is 6.08 Å². The van der Waals surface area contributed by atoms with Crippen molar-refractivity contribution in [3.8, 4) is 0 Å². The highest BCUT2D eigenvalue weighted by molar-refractivity contribution is 6.30. The number of nitro groups is 1. The average Bonchev–Trinajstić information content (AvgIpc) is 2.58. The van der Waals surface area contributed by atoms with Crippen molar-refractivity contribution in [2.75, 3.05) is 11.9 Å². The number of nitrogens with zero attached hydrogens (tertiary/aromatic N) is 1. The van der Waals surface area contributed by atoms with Crippen molar-refractivity contribution < 1.29 is 19.2 Å². The highest BCUT2D eigenvalue weighted by Crippen LogP contribution is 2.15. The van der Waals surface area contributed by atoms with Crippen LogP contribution >= 0.6 is 11.6 Å². The van der Waals surface area contributed by atoms with Gasteiger partial charge in [0, 0.05) is 28.9 Å². The summed E-state index contributed by atoms with van der Waals surface area (Å²) in [6.07, 6.45) is 2.45. The summed E-state index contributed by atoms with van der Waals surface area (Å²) in [6, 6.07) is 12.3. The molecule has 0 aliphatic heterocycles. The van der Waals surface area contributed by atoms with E-state index in [1.165, 1.54) is 24.3 Å². The van der Waals surface area contributed by atoms with Gasteiger partial charge >= 0.3 is 5.97 Å². The van der Waals surface area contributed by atoms with Gasteiger partial charge in [0.1, 0.15) is 0 Å². The molecule has 0 aromatic heterocycles. The van der Waals surface area contributed by atoms with E-state index in [1.54, 1.807) is 30.3 Å². The molecule has 1 N–H and O–H groups in total. The lowest BCUT2D eigenvalue weighted by atomic mass is 10.2. The van der Waals surface area contributed by atoms with E-state index < -0.39 is 23.4 Å². The lowest BCUT2D eigenvalue weighted by Gasteiger charge is -2.05. The maximum atomic E-state index is 11.7. The molecule has 0 saturated carbocycles. The summed E-state index contributed by atoms with van der Waals surface area (Å²) in [7, 11) is 0. The average molecular weight is 361 g/mol. The number of hydrogen-bond acceptors (Lipinski definition) is 5. The summed E-state index contributed by atoms with van der Waals surface area (Å²) < 4.78 is 4.80. The number of non-ortho nitro benzene ring substituents is 1. The van der Waals surface area contributed by atoms with Gasteiger partial charge in [0.25, 0.3) is 11.6 Å². The molecule has 0 spiro atoms. The fourth-order valence-electron chi connectivity index (χ4n) is 1.85. The molecule has 1 amide bonds. The number of anilines is 1. The van der Waals surface area contributed by atoms with E-state index in [1.807, 2.05) is 0 Å². The first-order valence-corrected chi connectivity index (χ1v) is 7.46. The minimum Gasteiger partial charge on any atom is -0.452 e. The zero-order valence-electron chi connectivity index (χ0n) is 12.8. The van der Waals surface area contributed by atoms with Crippen molar-refractivity contribution in [1.29, 1.82) is 0 Å². The van der Waals surface area contributed by atoms with Crippen LogP contribution in [0.2, 0.25) is 5.02 Å². The Balaban J connectivity index is 1.84. The van der Waals surface area contributed by atoms with Crippen molar-refractivity contribution in [1.82, 2.24) is 0 Å². The number of halogens is 1. The fourth-order valence-corrected chi connectivity index (χ4v) is 2.04. The number of nitro benzene ring substituents is 1. The SMILES string of the molecule is O=C(COC(=O)C=Cc1cccc([N+](=O)[O-])c1)Nc1cccc(Cl)c1. The first-order chi connectivity index (χ1) is 11.9. The Kier molecular flexibility index (Phi) is 6.25. The number of ether oxygens (including phenoxy) is 1. The van der Waals surface area contributed by atoms with Crippen LogP contribution in [0.15, 0.2) is 54.6 Å². The number of rotatable bonds is 6. The highest BCUT2D eigenvalue weighted by atomic mass is 35.5. The standard InChI is InChI=1S/C17H13ClN2O5/c18-13-4-2-5-14(10-13)19-16(21)11-25-17(22)8-7-12-3-1-6-15(9-12)20(23)24/h1-10H,11H2,(H,19,21). The number of benzene rings is 2. The van der Waals surface area contributed by atoms with Crippen LogP contribution in [0.4, 0.5) is 11.4 Å². The third-order valence-corrected chi connectivity index (χ3v) is 3.18. The zero-order valence-corrected chi connectivity index (χ0v) is 13.6. The molecule has 0 aliphatic carbocycles. The Bertz CT molecular complexity index is 835. The summed E-state index contributed by atoms with van der Waals surface area (Å²) in [5, 5.41) is 13.7. The minimum atomic E-state index is -0.743. The molecule has 0 unspecified atom stereocenters. The quantitative estimate of drug-likeness (QED) is 0.368. The maximum Gasteiger partial charge on any atom is 0.331 e. The molecule has 0 fully saturated rings. The van der Waals surface area contributed by atoms with Gasteiger partial charge in [0.2, 0.25) is 0 Å². The largest absolute Gasteiger partial charge is 0.452 e. The molecule has 0 heterocycles. The molecule has 2 aromatic carbocycles. The van der Waals surface area contributed by atoms with Gasteiger partial charge in [0.05, 0.1) is 4.92 Å². The molecule has 25 heavy (non-hydrogen) atoms. The van der Waals surface area contributed by atoms with Crippen molar-refractivity contribution in [2.24, 2.45) is 0 Å². The molecular weight excluding hydrogens is 348 g/mol. The molecule has 0 atom stereocenters. The summed E-state index contributed by atoms with van der Waals surface area (Å²) in [6.45, 7) is -0.468. The molecule has 7 nitrogen and oxygen atoms in total. The van der Waals surface area contributed by atoms with Gasteiger partial charge in [-0.3, -0.25) is 14.9 Å². The van der Waals surface area contributed by atoms with E-state index in [0.717, 1.165) is 6.08 Å². The van der Waals surface area contributed by atoms with Crippen LogP contribution in [-0.2, 0) is 14.3 Å². The summed E-state index contributed by atoms with van der Waals surface area (Å²) in [5.74, 6) is -1.26. The van der Waals surface area contributed by atoms with E-state index in [-0.39, 0.29) is 5.69 Å². The Morgan fingerprint density at radius 1 is 1.20 bits per heavy atom. The molecule has 0 radical (unpaired) electrons. The molecule has 0 bridgehead atoms. The molecule has 2 rings (SSSR count). The second-order valence-electron chi connectivity index (χ2n) is 4.85. The normalized spacial score (nSPS) is 10.4. The minimum absolute atomic E-state index is 0.0867. The summed E-state index contributed by atoms with van der Waals surface area (Å²) in [5.41, 5.74) is 0.867. The smallest absolute Gasteiger partial charge is 0.331 e. The van der Waals surface area contributed by atoms with Crippen LogP contribution in [0, 0.1) is 10.1 Å². The van der Waals surface area contributed by atoms with E-state index in [2.05, 4.69) is 5.32 Å². The molecule has 2 aromatic rings. The summed E-state index contributed by atoms with van der Waals surface area (Å²) in [4.78, 5) is 33.4. The number of nitrogens with one attached hydrogen (secondary N) is 1. The van der Waals surface area contributed by atoms with Crippen LogP contribution in [0.3, 0.4) is 0 Å². The first kappa shape index (κ1) is 18.2. The Morgan fingerprint density at radius 3 is 2.68 bits per heavy atom. The second kappa shape index (κ2) is 8.60. The predicted molar refractivity (Wildman–Crippen MR) is 93.2 cm³/mol. The van der Waals surface area contributed by atoms with E-state index in [0.29, 0.717) is 16.3 Å². The predicted octanol–water partition coefficient (Wildman–Crippen LogP) is 3.44. The maximum absolute atomic E-state index is 11.7. The molecular formula is C17H13ClN2O5. The molecule has 0 aliphatic rings. The van der Waals surface area contributed by atoms with Crippen LogP contribution in [-0.4, -0.2) is 23.4 Å². The third-order valence-electron chi connectivity index (χ3n) is 2.95. The van der Waals surface area contributed by atoms with Crippen molar-refractivity contribution in [3.05, 3.63) is 75.3 Å². The van der Waals surface area contributed by atoms with Gasteiger partial charge in [-0.2, -0.15) is 0 Å². The van der Waals surface area contributed by atoms with Crippen LogP contribution in [0.5, 0.6) is 0 Å². The lowest BCUT2D eigenvalue weighted by molar-refractivity contribution is -0.384. The Morgan fingerprint density at radius 2 is 1.96 bits per heavy atom. The van der Waals surface area contributed by atoms with Crippen molar-refractivity contribution in [3.63, 3.8) is 0 Å². The number of hydrogen-bond donors (Lipinski definition) is 1. The Labute approximate surface area is 148 Å². The van der Waals surface area contributed by atoms with Gasteiger partial charge in [-0.25, -0.2) is 4.79 Å². The van der Waals surface area contributed by atoms with Crippen LogP contribution in [0.1, 0.15) is 5.56 Å². The fraction of sp³-hybridized carbons (Fsp3) is 0.0588. The lowest BCUT2D eigenvalue weighted by Crippen LogP contribution is -2.20. The number of carbonyl (C=O) groups is 2. The van der Waals surface area contributed by atoms with Gasteiger partial charge in [-0.05, 0) is 29.8 Å². The number of carbonyl (C=O) groups excluding carboxylic acids is 2. The van der Waals surface area contributed by atoms with Crippen molar-refractivity contribution in [2.45, 2.75) is 0 Å². The van der Waals surface area contributed by atoms with E-state index in [9.17, 15) is 19.7 Å².